The van der Waals surface area contributed by atoms with Crippen molar-refractivity contribution in [3.05, 3.63) is 28.2 Å². The van der Waals surface area contributed by atoms with Gasteiger partial charge in [-0.1, -0.05) is 30.1 Å². The summed E-state index contributed by atoms with van der Waals surface area (Å²) in [6.07, 6.45) is 0.956. The van der Waals surface area contributed by atoms with E-state index in [4.69, 9.17) is 28.5 Å². The van der Waals surface area contributed by atoms with Crippen LogP contribution in [0, 0.1) is 11.3 Å². The van der Waals surface area contributed by atoms with Gasteiger partial charge in [-0.15, -0.1) is 0 Å². The van der Waals surface area contributed by atoms with Crippen LogP contribution in [0.2, 0.25) is 10.0 Å². The van der Waals surface area contributed by atoms with E-state index in [2.05, 4.69) is 10.6 Å². The third-order valence-electron chi connectivity index (χ3n) is 2.34. The van der Waals surface area contributed by atoms with Crippen molar-refractivity contribution in [2.45, 2.75) is 25.8 Å². The SMILES string of the molecule is CCC(CC#N)NC(=O)Nc1cc(Cl)ccc1Cl. The quantitative estimate of drug-likeness (QED) is 0.884. The Labute approximate surface area is 116 Å². The van der Waals surface area contributed by atoms with Gasteiger partial charge in [-0.2, -0.15) is 5.26 Å². The fraction of sp³-hybridized carbons (Fsp3) is 0.333. The molecular weight excluding hydrogens is 273 g/mol. The van der Waals surface area contributed by atoms with Gasteiger partial charge in [0.2, 0.25) is 0 Å². The van der Waals surface area contributed by atoms with Crippen molar-refractivity contribution in [3.8, 4) is 6.07 Å². The van der Waals surface area contributed by atoms with Gasteiger partial charge in [-0.3, -0.25) is 0 Å². The van der Waals surface area contributed by atoms with Gasteiger partial charge in [0.05, 0.1) is 23.2 Å². The van der Waals surface area contributed by atoms with Crippen molar-refractivity contribution in [1.29, 1.82) is 5.26 Å². The number of nitriles is 1. The van der Waals surface area contributed by atoms with Crippen LogP contribution in [0.3, 0.4) is 0 Å². The molecule has 0 aliphatic heterocycles. The first-order valence-corrected chi connectivity index (χ1v) is 6.22. The summed E-state index contributed by atoms with van der Waals surface area (Å²) in [4.78, 5) is 11.7. The molecule has 2 amide bonds. The van der Waals surface area contributed by atoms with E-state index in [1.165, 1.54) is 0 Å². The average molecular weight is 286 g/mol. The zero-order valence-corrected chi connectivity index (χ0v) is 11.3. The fourth-order valence-corrected chi connectivity index (χ4v) is 1.68. The van der Waals surface area contributed by atoms with Crippen LogP contribution in [0.5, 0.6) is 0 Å². The highest BCUT2D eigenvalue weighted by Gasteiger charge is 2.11. The number of nitrogens with one attached hydrogen (secondary N) is 2. The summed E-state index contributed by atoms with van der Waals surface area (Å²) in [6.45, 7) is 1.90. The number of anilines is 1. The zero-order chi connectivity index (χ0) is 13.5. The molecule has 0 fully saturated rings. The van der Waals surface area contributed by atoms with Gasteiger partial charge < -0.3 is 10.6 Å². The van der Waals surface area contributed by atoms with Crippen LogP contribution in [-0.4, -0.2) is 12.1 Å². The minimum Gasteiger partial charge on any atom is -0.334 e. The Balaban J connectivity index is 2.64. The summed E-state index contributed by atoms with van der Waals surface area (Å²) in [7, 11) is 0. The Morgan fingerprint density at radius 2 is 2.22 bits per heavy atom. The van der Waals surface area contributed by atoms with Crippen molar-refractivity contribution in [2.75, 3.05) is 5.32 Å². The minimum atomic E-state index is -0.402. The predicted molar refractivity (Wildman–Crippen MR) is 72.9 cm³/mol. The Kier molecular flexibility index (Phi) is 5.76. The van der Waals surface area contributed by atoms with E-state index in [1.807, 2.05) is 13.0 Å². The second-order valence-corrected chi connectivity index (χ2v) is 4.53. The summed E-state index contributed by atoms with van der Waals surface area (Å²) in [6, 6.07) is 6.25. The smallest absolute Gasteiger partial charge is 0.319 e. The molecule has 0 aliphatic rings. The van der Waals surface area contributed by atoms with Gasteiger partial charge in [0.25, 0.3) is 0 Å². The molecule has 0 aliphatic carbocycles. The van der Waals surface area contributed by atoms with Gasteiger partial charge >= 0.3 is 6.03 Å². The highest BCUT2D eigenvalue weighted by molar-refractivity contribution is 6.35. The van der Waals surface area contributed by atoms with Crippen LogP contribution < -0.4 is 10.6 Å². The first kappa shape index (κ1) is 14.6. The molecule has 0 heterocycles. The Morgan fingerprint density at radius 3 is 2.83 bits per heavy atom. The fourth-order valence-electron chi connectivity index (χ4n) is 1.34. The maximum atomic E-state index is 11.7. The topological polar surface area (TPSA) is 64.9 Å². The van der Waals surface area contributed by atoms with E-state index in [9.17, 15) is 4.79 Å². The van der Waals surface area contributed by atoms with Crippen molar-refractivity contribution in [1.82, 2.24) is 5.32 Å². The summed E-state index contributed by atoms with van der Waals surface area (Å²) < 4.78 is 0. The molecule has 4 nitrogen and oxygen atoms in total. The molecule has 0 saturated carbocycles. The summed E-state index contributed by atoms with van der Waals surface area (Å²) in [5.41, 5.74) is 0.438. The van der Waals surface area contributed by atoms with E-state index in [1.54, 1.807) is 18.2 Å². The van der Waals surface area contributed by atoms with Crippen molar-refractivity contribution in [3.63, 3.8) is 0 Å². The summed E-state index contributed by atoms with van der Waals surface area (Å²) in [5, 5.41) is 14.8. The number of rotatable bonds is 4. The maximum absolute atomic E-state index is 11.7. The largest absolute Gasteiger partial charge is 0.334 e. The molecule has 6 heteroatoms. The van der Waals surface area contributed by atoms with Gasteiger partial charge in [0, 0.05) is 11.1 Å². The number of carbonyl (C=O) groups excluding carboxylic acids is 1. The van der Waals surface area contributed by atoms with Crippen LogP contribution in [0.25, 0.3) is 0 Å². The lowest BCUT2D eigenvalue weighted by Crippen LogP contribution is -2.37. The van der Waals surface area contributed by atoms with Gasteiger partial charge in [-0.05, 0) is 24.6 Å². The molecule has 1 unspecified atom stereocenters. The number of halogens is 2. The van der Waals surface area contributed by atoms with Gasteiger partial charge in [0.1, 0.15) is 0 Å². The maximum Gasteiger partial charge on any atom is 0.319 e. The van der Waals surface area contributed by atoms with Crippen LogP contribution in [-0.2, 0) is 0 Å². The lowest BCUT2D eigenvalue weighted by molar-refractivity contribution is 0.248. The second kappa shape index (κ2) is 7.10. The van der Waals surface area contributed by atoms with Crippen LogP contribution >= 0.6 is 23.2 Å². The standard InChI is InChI=1S/C12H13Cl2N3O/c1-2-9(5-6-15)16-12(18)17-11-7-8(13)3-4-10(11)14/h3-4,7,9H,2,5H2,1H3,(H2,16,17,18). The normalized spacial score (nSPS) is 11.4. The van der Waals surface area contributed by atoms with Crippen LogP contribution in [0.15, 0.2) is 18.2 Å². The third kappa shape index (κ3) is 4.44. The Morgan fingerprint density at radius 1 is 1.50 bits per heavy atom. The second-order valence-electron chi connectivity index (χ2n) is 3.69. The van der Waals surface area contributed by atoms with Crippen molar-refractivity contribution >= 4 is 34.9 Å². The molecule has 0 spiro atoms. The Bertz CT molecular complexity index is 471. The lowest BCUT2D eigenvalue weighted by Gasteiger charge is -2.15. The summed E-state index contributed by atoms with van der Waals surface area (Å²) >= 11 is 11.7. The summed E-state index contributed by atoms with van der Waals surface area (Å²) in [5.74, 6) is 0. The van der Waals surface area contributed by atoms with Crippen LogP contribution in [0.1, 0.15) is 19.8 Å². The number of benzene rings is 1. The molecule has 2 N–H and O–H groups in total. The molecule has 0 radical (unpaired) electrons. The Hall–Kier alpha value is -1.44. The molecule has 1 aromatic carbocycles. The van der Waals surface area contributed by atoms with Crippen LogP contribution in [0.4, 0.5) is 10.5 Å². The predicted octanol–water partition coefficient (Wildman–Crippen LogP) is 3.81. The first-order chi connectivity index (χ1) is 8.56. The molecule has 96 valence electrons. The highest BCUT2D eigenvalue weighted by Crippen LogP contribution is 2.25. The van der Waals surface area contributed by atoms with E-state index >= 15 is 0 Å². The lowest BCUT2D eigenvalue weighted by atomic mass is 10.2. The van der Waals surface area contributed by atoms with E-state index < -0.39 is 6.03 Å². The molecule has 0 saturated heterocycles. The number of urea groups is 1. The van der Waals surface area contributed by atoms with Crippen molar-refractivity contribution in [2.24, 2.45) is 0 Å². The van der Waals surface area contributed by atoms with E-state index in [0.29, 0.717) is 22.2 Å². The highest BCUT2D eigenvalue weighted by atomic mass is 35.5. The number of carbonyl (C=O) groups is 1. The van der Waals surface area contributed by atoms with Gasteiger partial charge in [0.15, 0.2) is 0 Å². The number of hydrogen-bond acceptors (Lipinski definition) is 2. The van der Waals surface area contributed by atoms with E-state index in [0.717, 1.165) is 0 Å². The van der Waals surface area contributed by atoms with E-state index in [-0.39, 0.29) is 12.5 Å². The minimum absolute atomic E-state index is 0.173. The average Bonchev–Trinajstić information content (AvgIpc) is 2.33. The molecule has 0 bridgehead atoms. The van der Waals surface area contributed by atoms with Gasteiger partial charge in [-0.25, -0.2) is 4.79 Å². The number of hydrogen-bond donors (Lipinski definition) is 2. The number of amides is 2. The molecular formula is C12H13Cl2N3O. The molecule has 0 aromatic heterocycles. The molecule has 18 heavy (non-hydrogen) atoms. The zero-order valence-electron chi connectivity index (χ0n) is 9.84. The van der Waals surface area contributed by atoms with Crippen molar-refractivity contribution < 1.29 is 4.79 Å². The monoisotopic (exact) mass is 285 g/mol. The first-order valence-electron chi connectivity index (χ1n) is 5.46. The molecule has 1 aromatic rings. The molecule has 1 atom stereocenters. The number of nitrogens with zero attached hydrogens (tertiary/aromatic N) is 1. The third-order valence-corrected chi connectivity index (χ3v) is 2.91. The molecule has 1 rings (SSSR count).